The van der Waals surface area contributed by atoms with E-state index >= 15 is 0 Å². The lowest BCUT2D eigenvalue weighted by molar-refractivity contribution is 0.0881. The number of amides is 1. The molecule has 1 heterocycles. The maximum absolute atomic E-state index is 12.4. The molecule has 0 saturated heterocycles. The Morgan fingerprint density at radius 1 is 1.12 bits per heavy atom. The van der Waals surface area contributed by atoms with Crippen LogP contribution in [-0.4, -0.2) is 23.5 Å². The lowest BCUT2D eigenvalue weighted by Gasteiger charge is -2.36. The lowest BCUT2D eigenvalue weighted by Crippen LogP contribution is -2.46. The number of benzene rings is 1. The van der Waals surface area contributed by atoms with E-state index in [0.29, 0.717) is 5.69 Å². The fourth-order valence-electron chi connectivity index (χ4n) is 3.51. The summed E-state index contributed by atoms with van der Waals surface area (Å²) in [5.74, 6) is 0.735. The zero-order chi connectivity index (χ0) is 18.5. The molecule has 0 aliphatic heterocycles. The van der Waals surface area contributed by atoms with Gasteiger partial charge in [-0.3, -0.25) is 9.78 Å². The number of ether oxygens (including phenoxy) is 1. The number of aromatic nitrogens is 1. The van der Waals surface area contributed by atoms with Crippen LogP contribution in [0, 0.1) is 5.41 Å². The summed E-state index contributed by atoms with van der Waals surface area (Å²) in [5, 5.41) is 3.11. The molecule has 0 spiro atoms. The molecule has 2 rings (SSSR count). The van der Waals surface area contributed by atoms with Crippen LogP contribution in [0.3, 0.4) is 0 Å². The summed E-state index contributed by atoms with van der Waals surface area (Å²) in [7, 11) is 1.68. The molecule has 0 saturated carbocycles. The number of methoxy groups -OCH3 is 1. The van der Waals surface area contributed by atoms with Crippen LogP contribution in [0.1, 0.15) is 50.2 Å². The van der Waals surface area contributed by atoms with Crippen molar-refractivity contribution in [3.63, 3.8) is 0 Å². The van der Waals surface area contributed by atoms with Gasteiger partial charge in [0.2, 0.25) is 0 Å². The van der Waals surface area contributed by atoms with E-state index in [0.717, 1.165) is 18.6 Å². The van der Waals surface area contributed by atoms with Crippen molar-refractivity contribution in [2.24, 2.45) is 5.41 Å². The number of nitrogens with zero attached hydrogens (tertiary/aromatic N) is 1. The highest BCUT2D eigenvalue weighted by Crippen LogP contribution is 2.32. The second kappa shape index (κ2) is 7.68. The first-order valence-electron chi connectivity index (χ1n) is 8.57. The normalized spacial score (nSPS) is 11.9. The first-order chi connectivity index (χ1) is 11.7. The van der Waals surface area contributed by atoms with E-state index in [9.17, 15) is 4.79 Å². The molecule has 4 heteroatoms. The smallest absolute Gasteiger partial charge is 0.270 e. The molecule has 1 amide bonds. The van der Waals surface area contributed by atoms with Gasteiger partial charge in [0.1, 0.15) is 11.4 Å². The molecule has 4 nitrogen and oxygen atoms in total. The Kier molecular flexibility index (Phi) is 5.83. The first kappa shape index (κ1) is 19.0. The number of pyridine rings is 1. The zero-order valence-corrected chi connectivity index (χ0v) is 15.8. The highest BCUT2D eigenvalue weighted by molar-refractivity contribution is 5.92. The van der Waals surface area contributed by atoms with Crippen molar-refractivity contribution in [3.05, 3.63) is 59.9 Å². The van der Waals surface area contributed by atoms with Crippen molar-refractivity contribution in [3.8, 4) is 5.75 Å². The van der Waals surface area contributed by atoms with Gasteiger partial charge in [-0.05, 0) is 61.9 Å². The number of nitrogens with one attached hydrogen (secondary N) is 1. The highest BCUT2D eigenvalue weighted by Gasteiger charge is 2.30. The molecule has 0 aliphatic rings. The summed E-state index contributed by atoms with van der Waals surface area (Å²) in [6, 6.07) is 13.5. The Bertz CT molecular complexity index is 709. The van der Waals surface area contributed by atoms with Crippen molar-refractivity contribution < 1.29 is 9.53 Å². The number of hydrogen-bond acceptors (Lipinski definition) is 3. The minimum atomic E-state index is -0.336. The summed E-state index contributed by atoms with van der Waals surface area (Å²) in [5.41, 5.74) is 1.36. The topological polar surface area (TPSA) is 51.2 Å². The third-order valence-electron chi connectivity index (χ3n) is 4.09. The fraction of sp³-hybridized carbons (Fsp3) is 0.429. The van der Waals surface area contributed by atoms with E-state index in [4.69, 9.17) is 4.74 Å². The number of rotatable bonds is 7. The molecule has 1 N–H and O–H groups in total. The van der Waals surface area contributed by atoms with Crippen molar-refractivity contribution in [1.29, 1.82) is 0 Å². The van der Waals surface area contributed by atoms with Gasteiger partial charge in [0, 0.05) is 11.7 Å². The SMILES string of the molecule is COc1cccc(CC(C)(C)CC(C)(C)NC(=O)c2ccccn2)c1. The predicted octanol–water partition coefficient (Wildman–Crippen LogP) is 4.26. The van der Waals surface area contributed by atoms with Crippen LogP contribution in [-0.2, 0) is 6.42 Å². The molecule has 134 valence electrons. The Morgan fingerprint density at radius 3 is 2.52 bits per heavy atom. The maximum Gasteiger partial charge on any atom is 0.270 e. The van der Waals surface area contributed by atoms with E-state index in [1.807, 2.05) is 18.2 Å². The average molecular weight is 340 g/mol. The minimum Gasteiger partial charge on any atom is -0.497 e. The molecule has 0 atom stereocenters. The van der Waals surface area contributed by atoms with Crippen LogP contribution in [0.4, 0.5) is 0 Å². The number of carbonyl (C=O) groups is 1. The van der Waals surface area contributed by atoms with Gasteiger partial charge >= 0.3 is 0 Å². The number of carbonyl (C=O) groups excluding carboxylic acids is 1. The third kappa shape index (κ3) is 5.89. The molecule has 1 aromatic heterocycles. The van der Waals surface area contributed by atoms with Gasteiger partial charge in [-0.2, -0.15) is 0 Å². The van der Waals surface area contributed by atoms with E-state index in [-0.39, 0.29) is 16.9 Å². The van der Waals surface area contributed by atoms with Crippen LogP contribution in [0.15, 0.2) is 48.7 Å². The molecule has 0 radical (unpaired) electrons. The van der Waals surface area contributed by atoms with Gasteiger partial charge in [-0.25, -0.2) is 0 Å². The van der Waals surface area contributed by atoms with Crippen molar-refractivity contribution in [1.82, 2.24) is 10.3 Å². The Morgan fingerprint density at radius 2 is 1.88 bits per heavy atom. The molecule has 0 bridgehead atoms. The monoisotopic (exact) mass is 340 g/mol. The Labute approximate surface area is 150 Å². The summed E-state index contributed by atoms with van der Waals surface area (Å²) >= 11 is 0. The molecule has 1 aromatic carbocycles. The molecular weight excluding hydrogens is 312 g/mol. The molecule has 0 aliphatic carbocycles. The van der Waals surface area contributed by atoms with E-state index < -0.39 is 0 Å². The van der Waals surface area contributed by atoms with Gasteiger partial charge in [-0.15, -0.1) is 0 Å². The predicted molar refractivity (Wildman–Crippen MR) is 101 cm³/mol. The molecule has 25 heavy (non-hydrogen) atoms. The van der Waals surface area contributed by atoms with Gasteiger partial charge < -0.3 is 10.1 Å². The standard InChI is InChI=1S/C21H28N2O2/c1-20(2,14-16-9-8-10-17(13-16)25-5)15-21(3,4)23-19(24)18-11-6-7-12-22-18/h6-13H,14-15H2,1-5H3,(H,23,24). The maximum atomic E-state index is 12.4. The van der Waals surface area contributed by atoms with Gasteiger partial charge in [0.15, 0.2) is 0 Å². The van der Waals surface area contributed by atoms with Crippen molar-refractivity contribution in [2.45, 2.75) is 46.1 Å². The summed E-state index contributed by atoms with van der Waals surface area (Å²) in [6.07, 6.45) is 3.39. The molecule has 0 unspecified atom stereocenters. The van der Waals surface area contributed by atoms with E-state index in [2.05, 4.69) is 50.1 Å². The largest absolute Gasteiger partial charge is 0.497 e. The second-order valence-corrected chi connectivity index (χ2v) is 7.92. The highest BCUT2D eigenvalue weighted by atomic mass is 16.5. The summed E-state index contributed by atoms with van der Waals surface area (Å²) < 4.78 is 5.31. The van der Waals surface area contributed by atoms with Crippen molar-refractivity contribution >= 4 is 5.91 Å². The third-order valence-corrected chi connectivity index (χ3v) is 4.09. The van der Waals surface area contributed by atoms with Crippen LogP contribution in [0.5, 0.6) is 5.75 Å². The molecule has 2 aromatic rings. The summed E-state index contributed by atoms with van der Waals surface area (Å²) in [6.45, 7) is 8.56. The number of hydrogen-bond donors (Lipinski definition) is 1. The minimum absolute atomic E-state index is 0.0211. The average Bonchev–Trinajstić information content (AvgIpc) is 2.53. The summed E-state index contributed by atoms with van der Waals surface area (Å²) in [4.78, 5) is 16.5. The Balaban J connectivity index is 2.03. The second-order valence-electron chi connectivity index (χ2n) is 7.92. The first-order valence-corrected chi connectivity index (χ1v) is 8.57. The quantitative estimate of drug-likeness (QED) is 0.819. The zero-order valence-electron chi connectivity index (χ0n) is 15.8. The van der Waals surface area contributed by atoms with Crippen LogP contribution >= 0.6 is 0 Å². The fourth-order valence-corrected chi connectivity index (χ4v) is 3.51. The van der Waals surface area contributed by atoms with E-state index in [1.165, 1.54) is 5.56 Å². The van der Waals surface area contributed by atoms with Crippen LogP contribution in [0.25, 0.3) is 0 Å². The van der Waals surface area contributed by atoms with Crippen LogP contribution in [0.2, 0.25) is 0 Å². The van der Waals surface area contributed by atoms with Gasteiger partial charge in [0.05, 0.1) is 7.11 Å². The molecule has 0 fully saturated rings. The lowest BCUT2D eigenvalue weighted by atomic mass is 9.76. The Hall–Kier alpha value is -2.36. The van der Waals surface area contributed by atoms with E-state index in [1.54, 1.807) is 25.4 Å². The van der Waals surface area contributed by atoms with Crippen LogP contribution < -0.4 is 10.1 Å². The van der Waals surface area contributed by atoms with Gasteiger partial charge in [-0.1, -0.05) is 32.0 Å². The van der Waals surface area contributed by atoms with Crippen molar-refractivity contribution in [2.75, 3.05) is 7.11 Å². The van der Waals surface area contributed by atoms with Gasteiger partial charge in [0.25, 0.3) is 5.91 Å². The molecular formula is C21H28N2O2.